The van der Waals surface area contributed by atoms with Crippen LogP contribution in [0.2, 0.25) is 0 Å². The zero-order valence-electron chi connectivity index (χ0n) is 14.2. The average molecular weight is 370 g/mol. The standard InChI is InChI=1S/C19H15FN2O5/c1-10-11-5-4-6-12(20)17(11)27-16(10)19(24)22-21-18(23)15-9-25-13-7-2-3-8-14(13)26-15/h2-8,15H,9H2,1H3,(H,21,23)(H,22,24)/t15-/m0/s1. The fourth-order valence-electron chi connectivity index (χ4n) is 2.83. The molecule has 0 unspecified atom stereocenters. The van der Waals surface area contributed by atoms with Gasteiger partial charge in [0.25, 0.3) is 5.91 Å². The number of para-hydroxylation sites is 3. The minimum absolute atomic E-state index is 0.00732. The van der Waals surface area contributed by atoms with Crippen LogP contribution >= 0.6 is 0 Å². The molecule has 1 aliphatic rings. The number of carbonyl (C=O) groups excluding carboxylic acids is 2. The lowest BCUT2D eigenvalue weighted by atomic mass is 10.1. The van der Waals surface area contributed by atoms with Crippen LogP contribution in [0.3, 0.4) is 0 Å². The molecule has 2 N–H and O–H groups in total. The second-order valence-electron chi connectivity index (χ2n) is 5.98. The highest BCUT2D eigenvalue weighted by Gasteiger charge is 2.28. The molecule has 1 aromatic heterocycles. The van der Waals surface area contributed by atoms with Crippen molar-refractivity contribution < 1.29 is 27.9 Å². The summed E-state index contributed by atoms with van der Waals surface area (Å²) in [6.45, 7) is 1.64. The third kappa shape index (κ3) is 3.05. The first-order chi connectivity index (χ1) is 13.0. The van der Waals surface area contributed by atoms with Crippen LogP contribution in [0.15, 0.2) is 46.9 Å². The van der Waals surface area contributed by atoms with Crippen LogP contribution in [0.1, 0.15) is 16.1 Å². The molecule has 2 amide bonds. The monoisotopic (exact) mass is 370 g/mol. The van der Waals surface area contributed by atoms with Crippen molar-refractivity contribution in [3.63, 3.8) is 0 Å². The van der Waals surface area contributed by atoms with Gasteiger partial charge in [0.05, 0.1) is 0 Å². The summed E-state index contributed by atoms with van der Waals surface area (Å²) in [5, 5.41) is 0.493. The summed E-state index contributed by atoms with van der Waals surface area (Å²) in [5.41, 5.74) is 4.99. The summed E-state index contributed by atoms with van der Waals surface area (Å²) in [4.78, 5) is 24.6. The van der Waals surface area contributed by atoms with Gasteiger partial charge in [-0.3, -0.25) is 20.4 Å². The van der Waals surface area contributed by atoms with E-state index in [1.54, 1.807) is 37.3 Å². The topological polar surface area (TPSA) is 89.8 Å². The van der Waals surface area contributed by atoms with E-state index >= 15 is 0 Å². The molecule has 138 valence electrons. The minimum atomic E-state index is -0.922. The van der Waals surface area contributed by atoms with Crippen molar-refractivity contribution in [3.8, 4) is 11.5 Å². The molecule has 0 aliphatic carbocycles. The Morgan fingerprint density at radius 1 is 1.07 bits per heavy atom. The van der Waals surface area contributed by atoms with E-state index in [1.807, 2.05) is 0 Å². The molecule has 1 aliphatic heterocycles. The number of carbonyl (C=O) groups is 2. The summed E-state index contributed by atoms with van der Waals surface area (Å²) >= 11 is 0. The number of nitrogens with one attached hydrogen (secondary N) is 2. The number of hydrogen-bond acceptors (Lipinski definition) is 5. The first kappa shape index (κ1) is 16.9. The lowest BCUT2D eigenvalue weighted by molar-refractivity contribution is -0.131. The van der Waals surface area contributed by atoms with E-state index in [0.29, 0.717) is 22.4 Å². The lowest BCUT2D eigenvalue weighted by Gasteiger charge is -2.25. The first-order valence-corrected chi connectivity index (χ1v) is 8.21. The van der Waals surface area contributed by atoms with Gasteiger partial charge < -0.3 is 13.9 Å². The van der Waals surface area contributed by atoms with Crippen LogP contribution in [0, 0.1) is 12.7 Å². The molecule has 2 aromatic carbocycles. The third-order valence-electron chi connectivity index (χ3n) is 4.22. The maximum atomic E-state index is 13.8. The van der Waals surface area contributed by atoms with E-state index in [4.69, 9.17) is 13.9 Å². The summed E-state index contributed by atoms with van der Waals surface area (Å²) in [6.07, 6.45) is -0.922. The van der Waals surface area contributed by atoms with E-state index < -0.39 is 23.7 Å². The van der Waals surface area contributed by atoms with Gasteiger partial charge in [0.1, 0.15) is 6.61 Å². The number of fused-ring (bicyclic) bond motifs is 2. The molecule has 0 radical (unpaired) electrons. The number of furan rings is 1. The second kappa shape index (κ2) is 6.64. The molecule has 7 nitrogen and oxygen atoms in total. The normalized spacial score (nSPS) is 15.4. The maximum absolute atomic E-state index is 13.8. The largest absolute Gasteiger partial charge is 0.485 e. The second-order valence-corrected chi connectivity index (χ2v) is 5.98. The Hall–Kier alpha value is -3.55. The molecule has 8 heteroatoms. The zero-order valence-corrected chi connectivity index (χ0v) is 14.2. The van der Waals surface area contributed by atoms with Gasteiger partial charge in [-0.15, -0.1) is 0 Å². The van der Waals surface area contributed by atoms with Gasteiger partial charge in [0, 0.05) is 10.9 Å². The molecule has 0 saturated carbocycles. The van der Waals surface area contributed by atoms with Crippen LogP contribution in [0.4, 0.5) is 4.39 Å². The van der Waals surface area contributed by atoms with E-state index in [1.165, 1.54) is 12.1 Å². The smallest absolute Gasteiger partial charge is 0.305 e. The highest BCUT2D eigenvalue weighted by molar-refractivity contribution is 5.99. The van der Waals surface area contributed by atoms with Crippen LogP contribution in [0.25, 0.3) is 11.0 Å². The van der Waals surface area contributed by atoms with Crippen molar-refractivity contribution in [2.45, 2.75) is 13.0 Å². The van der Waals surface area contributed by atoms with Gasteiger partial charge in [0.15, 0.2) is 28.7 Å². The summed E-state index contributed by atoms with van der Waals surface area (Å²) in [6, 6.07) is 11.4. The van der Waals surface area contributed by atoms with Gasteiger partial charge in [-0.25, -0.2) is 4.39 Å². The lowest BCUT2D eigenvalue weighted by Crippen LogP contribution is -2.50. The zero-order chi connectivity index (χ0) is 19.0. The molecular formula is C19H15FN2O5. The van der Waals surface area contributed by atoms with Crippen molar-refractivity contribution in [2.75, 3.05) is 6.61 Å². The average Bonchev–Trinajstić information content (AvgIpc) is 3.03. The minimum Gasteiger partial charge on any atom is -0.485 e. The molecule has 0 saturated heterocycles. The Labute approximate surface area is 153 Å². The van der Waals surface area contributed by atoms with Crippen LogP contribution < -0.4 is 20.3 Å². The number of amides is 2. The Kier molecular flexibility index (Phi) is 4.15. The Morgan fingerprint density at radius 2 is 1.85 bits per heavy atom. The van der Waals surface area contributed by atoms with Gasteiger partial charge in [-0.2, -0.15) is 0 Å². The van der Waals surface area contributed by atoms with E-state index in [2.05, 4.69) is 10.9 Å². The third-order valence-corrected chi connectivity index (χ3v) is 4.22. The van der Waals surface area contributed by atoms with Crippen molar-refractivity contribution in [1.29, 1.82) is 0 Å². The molecule has 0 bridgehead atoms. The Morgan fingerprint density at radius 3 is 2.63 bits per heavy atom. The molecule has 2 heterocycles. The number of hydrogen-bond donors (Lipinski definition) is 2. The predicted molar refractivity (Wildman–Crippen MR) is 92.9 cm³/mol. The Bertz CT molecular complexity index is 1050. The number of hydrazine groups is 1. The van der Waals surface area contributed by atoms with Gasteiger partial charge in [0.2, 0.25) is 6.10 Å². The highest BCUT2D eigenvalue weighted by Crippen LogP contribution is 2.31. The van der Waals surface area contributed by atoms with Gasteiger partial charge in [-0.05, 0) is 25.1 Å². The van der Waals surface area contributed by atoms with E-state index in [-0.39, 0.29) is 18.0 Å². The number of aryl methyl sites for hydroxylation is 1. The molecule has 1 atom stereocenters. The number of benzene rings is 2. The number of halogens is 1. The Balaban J connectivity index is 1.43. The molecule has 0 fully saturated rings. The molecule has 27 heavy (non-hydrogen) atoms. The molecule has 0 spiro atoms. The fraction of sp³-hybridized carbons (Fsp3) is 0.158. The summed E-state index contributed by atoms with van der Waals surface area (Å²) in [7, 11) is 0. The van der Waals surface area contributed by atoms with E-state index in [0.717, 1.165) is 0 Å². The number of rotatable bonds is 2. The summed E-state index contributed by atoms with van der Waals surface area (Å²) < 4.78 is 30.1. The van der Waals surface area contributed by atoms with Crippen LogP contribution in [-0.4, -0.2) is 24.5 Å². The maximum Gasteiger partial charge on any atom is 0.305 e. The molecule has 3 aromatic rings. The van der Waals surface area contributed by atoms with Crippen molar-refractivity contribution >= 4 is 22.8 Å². The van der Waals surface area contributed by atoms with Crippen LogP contribution in [0.5, 0.6) is 11.5 Å². The molecule has 4 rings (SSSR count). The predicted octanol–water partition coefficient (Wildman–Crippen LogP) is 2.48. The van der Waals surface area contributed by atoms with Gasteiger partial charge >= 0.3 is 5.91 Å². The SMILES string of the molecule is Cc1c(C(=O)NNC(=O)[C@@H]2COc3ccccc3O2)oc2c(F)cccc12. The van der Waals surface area contributed by atoms with Crippen LogP contribution in [-0.2, 0) is 4.79 Å². The number of ether oxygens (including phenoxy) is 2. The van der Waals surface area contributed by atoms with Crippen molar-refractivity contribution in [2.24, 2.45) is 0 Å². The van der Waals surface area contributed by atoms with E-state index in [9.17, 15) is 14.0 Å². The van der Waals surface area contributed by atoms with Crippen molar-refractivity contribution in [3.05, 3.63) is 59.6 Å². The van der Waals surface area contributed by atoms with Crippen molar-refractivity contribution in [1.82, 2.24) is 10.9 Å². The quantitative estimate of drug-likeness (QED) is 0.677. The molecular weight excluding hydrogens is 355 g/mol. The highest BCUT2D eigenvalue weighted by atomic mass is 19.1. The first-order valence-electron chi connectivity index (χ1n) is 8.21. The van der Waals surface area contributed by atoms with Gasteiger partial charge in [-0.1, -0.05) is 24.3 Å². The summed E-state index contributed by atoms with van der Waals surface area (Å²) in [5.74, 6) is -0.942. The fourth-order valence-corrected chi connectivity index (χ4v) is 2.83.